The zero-order valence-corrected chi connectivity index (χ0v) is 11.6. The smallest absolute Gasteiger partial charge is 0.253 e. The van der Waals surface area contributed by atoms with E-state index in [-0.39, 0.29) is 5.91 Å². The monoisotopic (exact) mass is 329 g/mol. The predicted octanol–water partition coefficient (Wildman–Crippen LogP) is 3.16. The van der Waals surface area contributed by atoms with E-state index in [0.717, 1.165) is 25.1 Å². The molecular formula is C13H16INO. The van der Waals surface area contributed by atoms with Gasteiger partial charge in [-0.25, -0.2) is 0 Å². The quantitative estimate of drug-likeness (QED) is 0.725. The molecule has 0 radical (unpaired) electrons. The third-order valence-corrected chi connectivity index (χ3v) is 3.75. The molecule has 0 aliphatic carbocycles. The number of nitrogens with zero attached hydrogens (tertiary/aromatic N) is 1. The predicted molar refractivity (Wildman–Crippen MR) is 73.5 cm³/mol. The highest BCUT2D eigenvalue weighted by molar-refractivity contribution is 14.1. The van der Waals surface area contributed by atoms with Crippen molar-refractivity contribution in [2.75, 3.05) is 13.1 Å². The van der Waals surface area contributed by atoms with Crippen molar-refractivity contribution >= 4 is 28.5 Å². The Balaban J connectivity index is 2.09. The average Bonchev–Trinajstić information content (AvgIpc) is 2.29. The van der Waals surface area contributed by atoms with Crippen molar-refractivity contribution in [3.05, 3.63) is 33.4 Å². The molecule has 1 fully saturated rings. The van der Waals surface area contributed by atoms with Crippen LogP contribution in [0, 0.1) is 9.49 Å². The second kappa shape index (κ2) is 5.17. The van der Waals surface area contributed by atoms with Gasteiger partial charge in [0.2, 0.25) is 0 Å². The van der Waals surface area contributed by atoms with Crippen LogP contribution in [0.15, 0.2) is 24.3 Å². The maximum Gasteiger partial charge on any atom is 0.253 e. The number of carbonyl (C=O) groups excluding carboxylic acids is 1. The van der Waals surface area contributed by atoms with Crippen molar-refractivity contribution in [1.29, 1.82) is 0 Å². The Labute approximate surface area is 110 Å². The highest BCUT2D eigenvalue weighted by Crippen LogP contribution is 2.18. The zero-order valence-electron chi connectivity index (χ0n) is 9.45. The van der Waals surface area contributed by atoms with Crippen molar-refractivity contribution in [2.24, 2.45) is 5.92 Å². The minimum atomic E-state index is 0.183. The van der Waals surface area contributed by atoms with Crippen LogP contribution in [-0.4, -0.2) is 23.9 Å². The molecule has 2 nitrogen and oxygen atoms in total. The molecule has 3 heteroatoms. The Hall–Kier alpha value is -0.580. The van der Waals surface area contributed by atoms with E-state index < -0.39 is 0 Å². The number of hydrogen-bond donors (Lipinski definition) is 0. The molecule has 86 valence electrons. The van der Waals surface area contributed by atoms with Crippen LogP contribution in [0.4, 0.5) is 0 Å². The minimum absolute atomic E-state index is 0.183. The minimum Gasteiger partial charge on any atom is -0.338 e. The summed E-state index contributed by atoms with van der Waals surface area (Å²) in [6.07, 6.45) is 2.38. The Bertz CT molecular complexity index is 374. The van der Waals surface area contributed by atoms with Crippen molar-refractivity contribution in [2.45, 2.75) is 19.8 Å². The molecule has 1 aromatic carbocycles. The molecule has 0 spiro atoms. The standard InChI is InChI=1S/C13H16INO/c1-10-3-2-8-15(9-10)13(16)11-4-6-12(14)7-5-11/h4-7,10H,2-3,8-9H2,1H3/t10-/m1/s1. The first-order valence-corrected chi connectivity index (χ1v) is 6.79. The summed E-state index contributed by atoms with van der Waals surface area (Å²) in [5, 5.41) is 0. The third-order valence-electron chi connectivity index (χ3n) is 3.04. The van der Waals surface area contributed by atoms with Crippen LogP contribution in [0.2, 0.25) is 0 Å². The van der Waals surface area contributed by atoms with E-state index in [0.29, 0.717) is 5.92 Å². The van der Waals surface area contributed by atoms with E-state index in [1.165, 1.54) is 9.99 Å². The molecule has 0 saturated carbocycles. The number of hydrogen-bond acceptors (Lipinski definition) is 1. The lowest BCUT2D eigenvalue weighted by atomic mass is 9.99. The molecule has 1 aliphatic rings. The van der Waals surface area contributed by atoms with Crippen LogP contribution < -0.4 is 0 Å². The van der Waals surface area contributed by atoms with Gasteiger partial charge in [-0.15, -0.1) is 0 Å². The van der Waals surface area contributed by atoms with Gasteiger partial charge in [-0.3, -0.25) is 4.79 Å². The number of piperidine rings is 1. The van der Waals surface area contributed by atoms with Crippen molar-refractivity contribution in [3.63, 3.8) is 0 Å². The lowest BCUT2D eigenvalue weighted by molar-refractivity contribution is 0.0683. The van der Waals surface area contributed by atoms with Gasteiger partial charge in [-0.05, 0) is 65.6 Å². The zero-order chi connectivity index (χ0) is 11.5. The SMILES string of the molecule is C[C@@H]1CCCN(C(=O)c2ccc(I)cc2)C1. The van der Waals surface area contributed by atoms with E-state index in [9.17, 15) is 4.79 Å². The molecule has 2 rings (SSSR count). The molecule has 1 saturated heterocycles. The Morgan fingerprint density at radius 3 is 2.69 bits per heavy atom. The normalized spacial score (nSPS) is 20.9. The lowest BCUT2D eigenvalue weighted by Gasteiger charge is -2.31. The molecule has 0 N–H and O–H groups in total. The second-order valence-electron chi connectivity index (χ2n) is 4.51. The first-order chi connectivity index (χ1) is 7.66. The fourth-order valence-corrected chi connectivity index (χ4v) is 2.51. The fraction of sp³-hybridized carbons (Fsp3) is 0.462. The number of rotatable bonds is 1. The number of amides is 1. The van der Waals surface area contributed by atoms with Crippen LogP contribution in [0.5, 0.6) is 0 Å². The van der Waals surface area contributed by atoms with Gasteiger partial charge < -0.3 is 4.90 Å². The largest absolute Gasteiger partial charge is 0.338 e. The summed E-state index contributed by atoms with van der Waals surface area (Å²) in [6.45, 7) is 4.04. The molecule has 1 aromatic rings. The van der Waals surface area contributed by atoms with Crippen molar-refractivity contribution in [1.82, 2.24) is 4.90 Å². The summed E-state index contributed by atoms with van der Waals surface area (Å²) < 4.78 is 1.17. The topological polar surface area (TPSA) is 20.3 Å². The summed E-state index contributed by atoms with van der Waals surface area (Å²) in [5.74, 6) is 0.824. The third kappa shape index (κ3) is 2.75. The summed E-state index contributed by atoms with van der Waals surface area (Å²) in [7, 11) is 0. The van der Waals surface area contributed by atoms with E-state index >= 15 is 0 Å². The fourth-order valence-electron chi connectivity index (χ4n) is 2.15. The maximum absolute atomic E-state index is 12.2. The first-order valence-electron chi connectivity index (χ1n) is 5.71. The highest BCUT2D eigenvalue weighted by Gasteiger charge is 2.21. The van der Waals surface area contributed by atoms with Crippen molar-refractivity contribution < 1.29 is 4.79 Å². The van der Waals surface area contributed by atoms with E-state index in [1.807, 2.05) is 29.2 Å². The average molecular weight is 329 g/mol. The van der Waals surface area contributed by atoms with Crippen LogP contribution in [0.3, 0.4) is 0 Å². The first kappa shape index (κ1) is 11.9. The van der Waals surface area contributed by atoms with Gasteiger partial charge in [0, 0.05) is 22.2 Å². The summed E-state index contributed by atoms with van der Waals surface area (Å²) >= 11 is 2.25. The summed E-state index contributed by atoms with van der Waals surface area (Å²) in [5.41, 5.74) is 0.814. The van der Waals surface area contributed by atoms with E-state index in [1.54, 1.807) is 0 Å². The number of likely N-dealkylation sites (tertiary alicyclic amines) is 1. The molecule has 0 unspecified atom stereocenters. The maximum atomic E-state index is 12.2. The van der Waals surface area contributed by atoms with Gasteiger partial charge in [0.1, 0.15) is 0 Å². The van der Waals surface area contributed by atoms with Gasteiger partial charge >= 0.3 is 0 Å². The Kier molecular flexibility index (Phi) is 3.84. The molecule has 1 heterocycles. The van der Waals surface area contributed by atoms with Crippen molar-refractivity contribution in [3.8, 4) is 0 Å². The van der Waals surface area contributed by atoms with Gasteiger partial charge in [0.05, 0.1) is 0 Å². The van der Waals surface area contributed by atoms with Crippen LogP contribution in [-0.2, 0) is 0 Å². The molecule has 1 amide bonds. The van der Waals surface area contributed by atoms with Gasteiger partial charge in [0.25, 0.3) is 5.91 Å². The number of benzene rings is 1. The molecule has 0 aromatic heterocycles. The van der Waals surface area contributed by atoms with Gasteiger partial charge in [0.15, 0.2) is 0 Å². The molecule has 0 bridgehead atoms. The van der Waals surface area contributed by atoms with Gasteiger partial charge in [-0.2, -0.15) is 0 Å². The Morgan fingerprint density at radius 2 is 2.06 bits per heavy atom. The highest BCUT2D eigenvalue weighted by atomic mass is 127. The molecule has 1 aliphatic heterocycles. The molecule has 1 atom stereocenters. The van der Waals surface area contributed by atoms with Crippen LogP contribution in [0.1, 0.15) is 30.1 Å². The van der Waals surface area contributed by atoms with E-state index in [2.05, 4.69) is 29.5 Å². The lowest BCUT2D eigenvalue weighted by Crippen LogP contribution is -2.39. The molecular weight excluding hydrogens is 313 g/mol. The Morgan fingerprint density at radius 1 is 1.38 bits per heavy atom. The summed E-state index contributed by atoms with van der Waals surface area (Å²) in [6, 6.07) is 7.81. The van der Waals surface area contributed by atoms with E-state index in [4.69, 9.17) is 0 Å². The number of halogens is 1. The number of carbonyl (C=O) groups is 1. The summed E-state index contributed by atoms with van der Waals surface area (Å²) in [4.78, 5) is 14.2. The van der Waals surface area contributed by atoms with Crippen LogP contribution >= 0.6 is 22.6 Å². The van der Waals surface area contributed by atoms with Crippen LogP contribution in [0.25, 0.3) is 0 Å². The van der Waals surface area contributed by atoms with Gasteiger partial charge in [-0.1, -0.05) is 6.92 Å². The molecule has 16 heavy (non-hydrogen) atoms. The second-order valence-corrected chi connectivity index (χ2v) is 5.75.